The summed E-state index contributed by atoms with van der Waals surface area (Å²) in [6, 6.07) is 15.9. The Balaban J connectivity index is 2.06. The zero-order valence-electron chi connectivity index (χ0n) is 14.1. The highest BCUT2D eigenvalue weighted by atomic mass is 16.6. The van der Waals surface area contributed by atoms with Gasteiger partial charge in [0.25, 0.3) is 0 Å². The Morgan fingerprint density at radius 3 is 1.91 bits per heavy atom. The zero-order valence-corrected chi connectivity index (χ0v) is 14.1. The SMILES string of the molecule is C[C@H](N)c1ccc(-c2ccc(NC(=O)OC(C)(C)C)cc2)cc1. The number of carbonyl (C=O) groups is 1. The molecule has 4 nitrogen and oxygen atoms in total. The first-order chi connectivity index (χ1) is 10.7. The molecule has 0 fully saturated rings. The molecular weight excluding hydrogens is 288 g/mol. The van der Waals surface area contributed by atoms with Crippen LogP contribution in [0.5, 0.6) is 0 Å². The zero-order chi connectivity index (χ0) is 17.0. The molecule has 0 aromatic heterocycles. The maximum Gasteiger partial charge on any atom is 0.412 e. The van der Waals surface area contributed by atoms with Crippen LogP contribution in [0.25, 0.3) is 11.1 Å². The van der Waals surface area contributed by atoms with Gasteiger partial charge < -0.3 is 10.5 Å². The number of carbonyl (C=O) groups excluding carboxylic acids is 1. The van der Waals surface area contributed by atoms with Gasteiger partial charge in [-0.1, -0.05) is 36.4 Å². The maximum absolute atomic E-state index is 11.7. The van der Waals surface area contributed by atoms with E-state index in [9.17, 15) is 4.79 Å². The van der Waals surface area contributed by atoms with Crippen LogP contribution in [0.4, 0.5) is 10.5 Å². The van der Waals surface area contributed by atoms with Crippen molar-refractivity contribution >= 4 is 11.8 Å². The number of hydrogen-bond acceptors (Lipinski definition) is 3. The highest BCUT2D eigenvalue weighted by Gasteiger charge is 2.16. The van der Waals surface area contributed by atoms with E-state index in [0.29, 0.717) is 5.69 Å². The summed E-state index contributed by atoms with van der Waals surface area (Å²) in [5, 5.41) is 2.72. The van der Waals surface area contributed by atoms with Gasteiger partial charge in [-0.15, -0.1) is 0 Å². The number of nitrogens with two attached hydrogens (primary N) is 1. The van der Waals surface area contributed by atoms with Gasteiger partial charge in [-0.3, -0.25) is 5.32 Å². The molecule has 0 heterocycles. The monoisotopic (exact) mass is 312 g/mol. The molecule has 0 saturated heterocycles. The standard InChI is InChI=1S/C19H24N2O2/c1-13(20)14-5-7-15(8-6-14)16-9-11-17(12-10-16)21-18(22)23-19(2,3)4/h5-13H,20H2,1-4H3,(H,21,22)/t13-/m0/s1. The van der Waals surface area contributed by atoms with Gasteiger partial charge in [0.1, 0.15) is 5.60 Å². The molecule has 2 aromatic carbocycles. The molecule has 0 aliphatic rings. The molecular formula is C19H24N2O2. The second-order valence-electron chi connectivity index (χ2n) is 6.61. The third-order valence-electron chi connectivity index (χ3n) is 3.30. The molecule has 2 aromatic rings. The van der Waals surface area contributed by atoms with Crippen molar-refractivity contribution in [2.24, 2.45) is 5.73 Å². The van der Waals surface area contributed by atoms with E-state index < -0.39 is 11.7 Å². The first kappa shape index (κ1) is 17.0. The van der Waals surface area contributed by atoms with E-state index >= 15 is 0 Å². The van der Waals surface area contributed by atoms with E-state index in [4.69, 9.17) is 10.5 Å². The van der Waals surface area contributed by atoms with Crippen molar-refractivity contribution < 1.29 is 9.53 Å². The molecule has 3 N–H and O–H groups in total. The van der Waals surface area contributed by atoms with E-state index in [2.05, 4.69) is 17.4 Å². The molecule has 0 radical (unpaired) electrons. The lowest BCUT2D eigenvalue weighted by molar-refractivity contribution is 0.0636. The Morgan fingerprint density at radius 2 is 1.48 bits per heavy atom. The maximum atomic E-state index is 11.7. The summed E-state index contributed by atoms with van der Waals surface area (Å²) in [5.74, 6) is 0. The minimum atomic E-state index is -0.508. The van der Waals surface area contributed by atoms with Crippen LogP contribution in [0.2, 0.25) is 0 Å². The van der Waals surface area contributed by atoms with Crippen molar-refractivity contribution in [2.75, 3.05) is 5.32 Å². The summed E-state index contributed by atoms with van der Waals surface area (Å²) in [4.78, 5) is 11.7. The van der Waals surface area contributed by atoms with Crippen LogP contribution in [0, 0.1) is 0 Å². The van der Waals surface area contributed by atoms with E-state index in [0.717, 1.165) is 16.7 Å². The van der Waals surface area contributed by atoms with Gasteiger partial charge in [0.15, 0.2) is 0 Å². The fourth-order valence-corrected chi connectivity index (χ4v) is 2.15. The molecule has 1 amide bonds. The van der Waals surface area contributed by atoms with Crippen molar-refractivity contribution in [1.82, 2.24) is 0 Å². The number of amides is 1. The van der Waals surface area contributed by atoms with Crippen LogP contribution in [-0.2, 0) is 4.74 Å². The van der Waals surface area contributed by atoms with Crippen molar-refractivity contribution in [3.8, 4) is 11.1 Å². The van der Waals surface area contributed by atoms with Gasteiger partial charge in [-0.05, 0) is 56.5 Å². The van der Waals surface area contributed by atoms with Crippen LogP contribution in [0.3, 0.4) is 0 Å². The number of nitrogens with one attached hydrogen (secondary N) is 1. The van der Waals surface area contributed by atoms with Gasteiger partial charge >= 0.3 is 6.09 Å². The van der Waals surface area contributed by atoms with Gasteiger partial charge in [-0.25, -0.2) is 4.79 Å². The van der Waals surface area contributed by atoms with Gasteiger partial charge in [0, 0.05) is 11.7 Å². The molecule has 1 atom stereocenters. The third-order valence-corrected chi connectivity index (χ3v) is 3.30. The molecule has 0 aliphatic carbocycles. The first-order valence-corrected chi connectivity index (χ1v) is 7.70. The largest absolute Gasteiger partial charge is 0.444 e. The lowest BCUT2D eigenvalue weighted by Gasteiger charge is -2.19. The number of benzene rings is 2. The number of anilines is 1. The molecule has 122 valence electrons. The molecule has 23 heavy (non-hydrogen) atoms. The highest BCUT2D eigenvalue weighted by Crippen LogP contribution is 2.23. The normalized spacial score (nSPS) is 12.6. The minimum absolute atomic E-state index is 0.0319. The Bertz CT molecular complexity index is 653. The molecule has 2 rings (SSSR count). The van der Waals surface area contributed by atoms with Crippen LogP contribution < -0.4 is 11.1 Å². The first-order valence-electron chi connectivity index (χ1n) is 7.70. The van der Waals surface area contributed by atoms with Crippen LogP contribution in [0.15, 0.2) is 48.5 Å². The average Bonchev–Trinajstić information content (AvgIpc) is 2.46. The minimum Gasteiger partial charge on any atom is -0.444 e. The van der Waals surface area contributed by atoms with Crippen LogP contribution in [0.1, 0.15) is 39.3 Å². The second-order valence-corrected chi connectivity index (χ2v) is 6.61. The molecule has 0 aliphatic heterocycles. The Hall–Kier alpha value is -2.33. The molecule has 0 unspecified atom stereocenters. The smallest absolute Gasteiger partial charge is 0.412 e. The number of hydrogen-bond donors (Lipinski definition) is 2. The number of rotatable bonds is 3. The summed E-state index contributed by atoms with van der Waals surface area (Å²) in [6.45, 7) is 7.47. The molecule has 0 bridgehead atoms. The van der Waals surface area contributed by atoms with E-state index in [1.807, 2.05) is 64.1 Å². The lowest BCUT2D eigenvalue weighted by Crippen LogP contribution is -2.27. The lowest BCUT2D eigenvalue weighted by atomic mass is 10.0. The van der Waals surface area contributed by atoms with Gasteiger partial charge in [0.05, 0.1) is 0 Å². The number of ether oxygens (including phenoxy) is 1. The molecule has 0 spiro atoms. The Kier molecular flexibility index (Phi) is 5.06. The molecule has 4 heteroatoms. The summed E-state index contributed by atoms with van der Waals surface area (Å²) < 4.78 is 5.23. The molecule has 0 saturated carbocycles. The summed E-state index contributed by atoms with van der Waals surface area (Å²) in [7, 11) is 0. The predicted octanol–water partition coefficient (Wildman–Crippen LogP) is 4.72. The summed E-state index contributed by atoms with van der Waals surface area (Å²) >= 11 is 0. The topological polar surface area (TPSA) is 64.3 Å². The highest BCUT2D eigenvalue weighted by molar-refractivity contribution is 5.85. The van der Waals surface area contributed by atoms with Crippen LogP contribution in [-0.4, -0.2) is 11.7 Å². The average molecular weight is 312 g/mol. The van der Waals surface area contributed by atoms with Crippen LogP contribution >= 0.6 is 0 Å². The third kappa shape index (κ3) is 5.11. The van der Waals surface area contributed by atoms with E-state index in [1.165, 1.54) is 0 Å². The van der Waals surface area contributed by atoms with Crippen molar-refractivity contribution in [1.29, 1.82) is 0 Å². The van der Waals surface area contributed by atoms with Gasteiger partial charge in [0.2, 0.25) is 0 Å². The van der Waals surface area contributed by atoms with E-state index in [1.54, 1.807) is 0 Å². The summed E-state index contributed by atoms with van der Waals surface area (Å²) in [6.07, 6.45) is -0.452. The fourth-order valence-electron chi connectivity index (χ4n) is 2.15. The fraction of sp³-hybridized carbons (Fsp3) is 0.316. The Labute approximate surface area is 137 Å². The second kappa shape index (κ2) is 6.84. The summed E-state index contributed by atoms with van der Waals surface area (Å²) in [5.41, 5.74) is 9.35. The van der Waals surface area contributed by atoms with Crippen molar-refractivity contribution in [3.63, 3.8) is 0 Å². The predicted molar refractivity (Wildman–Crippen MR) is 94.3 cm³/mol. The van der Waals surface area contributed by atoms with E-state index in [-0.39, 0.29) is 6.04 Å². The Morgan fingerprint density at radius 1 is 1.00 bits per heavy atom. The van der Waals surface area contributed by atoms with Gasteiger partial charge in [-0.2, -0.15) is 0 Å². The van der Waals surface area contributed by atoms with Crippen molar-refractivity contribution in [2.45, 2.75) is 39.3 Å². The quantitative estimate of drug-likeness (QED) is 0.862. The van der Waals surface area contributed by atoms with Crippen molar-refractivity contribution in [3.05, 3.63) is 54.1 Å².